The number of aliphatic hydroxyl groups excluding tert-OH is 1. The number of hydrogen-bond acceptors (Lipinski definition) is 5. The Morgan fingerprint density at radius 2 is 1.70 bits per heavy atom. The van der Waals surface area contributed by atoms with Gasteiger partial charge in [-0.05, 0) is 17.2 Å². The van der Waals surface area contributed by atoms with Crippen LogP contribution in [-0.4, -0.2) is 46.9 Å². The van der Waals surface area contributed by atoms with E-state index < -0.39 is 30.1 Å². The van der Waals surface area contributed by atoms with Crippen LogP contribution in [0.25, 0.3) is 0 Å². The predicted molar refractivity (Wildman–Crippen MR) is 110 cm³/mol. The lowest BCUT2D eigenvalue weighted by atomic mass is 10.1. The highest BCUT2D eigenvalue weighted by Crippen LogP contribution is 2.17. The molecule has 30 heavy (non-hydrogen) atoms. The number of carbonyl (C=O) groups excluding carboxylic acids is 2. The summed E-state index contributed by atoms with van der Waals surface area (Å²) in [5.74, 6) is -1.89. The number of nitrogens with one attached hydrogen (secondary N) is 2. The summed E-state index contributed by atoms with van der Waals surface area (Å²) >= 11 is 6.03. The first kappa shape index (κ1) is 23.2. The van der Waals surface area contributed by atoms with E-state index >= 15 is 0 Å². The summed E-state index contributed by atoms with van der Waals surface area (Å²) < 4.78 is 5.01. The van der Waals surface area contributed by atoms with Crippen molar-refractivity contribution in [2.75, 3.05) is 6.54 Å². The molecule has 0 aliphatic carbocycles. The van der Waals surface area contributed by atoms with E-state index in [4.69, 9.17) is 16.3 Å². The quantitative estimate of drug-likeness (QED) is 0.454. The van der Waals surface area contributed by atoms with E-state index in [9.17, 15) is 24.6 Å². The van der Waals surface area contributed by atoms with Crippen LogP contribution >= 0.6 is 11.6 Å². The minimum atomic E-state index is -1.22. The average molecular weight is 435 g/mol. The molecule has 8 nitrogen and oxygen atoms in total. The predicted octanol–water partition coefficient (Wildman–Crippen LogP) is 2.13. The second kappa shape index (κ2) is 11.8. The molecule has 0 aliphatic rings. The Balaban J connectivity index is 1.74. The van der Waals surface area contributed by atoms with Crippen molar-refractivity contribution in [2.24, 2.45) is 0 Å². The lowest BCUT2D eigenvalue weighted by Crippen LogP contribution is -2.44. The van der Waals surface area contributed by atoms with Crippen LogP contribution < -0.4 is 10.6 Å². The molecule has 0 aliphatic heterocycles. The molecule has 0 radical (unpaired) electrons. The van der Waals surface area contributed by atoms with Gasteiger partial charge in [-0.1, -0.05) is 60.1 Å². The first-order valence-electron chi connectivity index (χ1n) is 9.23. The van der Waals surface area contributed by atoms with Crippen LogP contribution in [-0.2, 0) is 27.4 Å². The van der Waals surface area contributed by atoms with Crippen LogP contribution in [0.1, 0.15) is 17.5 Å². The van der Waals surface area contributed by atoms with Gasteiger partial charge >= 0.3 is 12.1 Å². The third kappa shape index (κ3) is 8.10. The van der Waals surface area contributed by atoms with Crippen molar-refractivity contribution in [1.82, 2.24) is 10.6 Å². The lowest BCUT2D eigenvalue weighted by Gasteiger charge is -2.17. The monoisotopic (exact) mass is 434 g/mol. The summed E-state index contributed by atoms with van der Waals surface area (Å²) in [6, 6.07) is 14.6. The number of rotatable bonds is 10. The van der Waals surface area contributed by atoms with Crippen LogP contribution in [0.2, 0.25) is 5.02 Å². The SMILES string of the molecule is O=C(C[C@H](O)CNC(=O)OCc1ccccc1)N[C@H](Cc1ccccc1Cl)C(=O)O. The molecule has 0 bridgehead atoms. The van der Waals surface area contributed by atoms with Gasteiger partial charge in [0.1, 0.15) is 12.6 Å². The van der Waals surface area contributed by atoms with Gasteiger partial charge in [-0.15, -0.1) is 0 Å². The highest BCUT2D eigenvalue weighted by Gasteiger charge is 2.23. The number of hydrogen-bond donors (Lipinski definition) is 4. The number of amides is 2. The Bertz CT molecular complexity index is 862. The Morgan fingerprint density at radius 3 is 2.37 bits per heavy atom. The van der Waals surface area contributed by atoms with Crippen LogP contribution in [0.3, 0.4) is 0 Å². The number of ether oxygens (including phenoxy) is 1. The third-order valence-electron chi connectivity index (χ3n) is 4.13. The lowest BCUT2D eigenvalue weighted by molar-refractivity contribution is -0.142. The minimum Gasteiger partial charge on any atom is -0.480 e. The molecule has 0 unspecified atom stereocenters. The molecule has 0 saturated carbocycles. The first-order chi connectivity index (χ1) is 14.3. The molecule has 2 rings (SSSR count). The molecular weight excluding hydrogens is 412 g/mol. The second-order valence-electron chi connectivity index (χ2n) is 6.55. The molecule has 0 fully saturated rings. The number of aliphatic hydroxyl groups is 1. The van der Waals surface area contributed by atoms with Crippen LogP contribution in [0.4, 0.5) is 4.79 Å². The number of carbonyl (C=O) groups is 3. The van der Waals surface area contributed by atoms with Crippen molar-refractivity contribution in [3.63, 3.8) is 0 Å². The van der Waals surface area contributed by atoms with Crippen molar-refractivity contribution in [2.45, 2.75) is 31.6 Å². The van der Waals surface area contributed by atoms with Crippen molar-refractivity contribution in [3.05, 3.63) is 70.7 Å². The maximum absolute atomic E-state index is 12.1. The maximum atomic E-state index is 12.1. The molecule has 9 heteroatoms. The number of alkyl carbamates (subject to hydrolysis) is 1. The summed E-state index contributed by atoms with van der Waals surface area (Å²) in [7, 11) is 0. The zero-order valence-corrected chi connectivity index (χ0v) is 16.8. The van der Waals surface area contributed by atoms with E-state index in [0.29, 0.717) is 10.6 Å². The highest BCUT2D eigenvalue weighted by molar-refractivity contribution is 6.31. The highest BCUT2D eigenvalue weighted by atomic mass is 35.5. The average Bonchev–Trinajstić information content (AvgIpc) is 2.72. The van der Waals surface area contributed by atoms with E-state index in [1.54, 1.807) is 36.4 Å². The molecule has 160 valence electrons. The van der Waals surface area contributed by atoms with Gasteiger partial charge in [-0.2, -0.15) is 0 Å². The van der Waals surface area contributed by atoms with Gasteiger partial charge in [0.05, 0.1) is 12.5 Å². The van der Waals surface area contributed by atoms with Crippen LogP contribution in [0.15, 0.2) is 54.6 Å². The second-order valence-corrected chi connectivity index (χ2v) is 6.96. The molecule has 0 spiro atoms. The fraction of sp³-hybridized carbons (Fsp3) is 0.286. The maximum Gasteiger partial charge on any atom is 0.407 e. The topological polar surface area (TPSA) is 125 Å². The van der Waals surface area contributed by atoms with E-state index in [0.717, 1.165) is 5.56 Å². The van der Waals surface area contributed by atoms with Gasteiger partial charge < -0.3 is 25.6 Å². The number of aliphatic carboxylic acids is 1. The normalized spacial score (nSPS) is 12.5. The van der Waals surface area contributed by atoms with Crippen LogP contribution in [0.5, 0.6) is 0 Å². The smallest absolute Gasteiger partial charge is 0.407 e. The van der Waals surface area contributed by atoms with Gasteiger partial charge in [0.25, 0.3) is 0 Å². The number of carboxylic acid groups (broad SMARTS) is 1. The molecule has 2 amide bonds. The summed E-state index contributed by atoms with van der Waals surface area (Å²) in [4.78, 5) is 35.2. The molecule has 0 aromatic heterocycles. The van der Waals surface area contributed by atoms with Gasteiger partial charge in [-0.3, -0.25) is 4.79 Å². The van der Waals surface area contributed by atoms with E-state index in [-0.39, 0.29) is 26.0 Å². The summed E-state index contributed by atoms with van der Waals surface area (Å²) in [6.45, 7) is -0.144. The summed E-state index contributed by atoms with van der Waals surface area (Å²) in [5, 5.41) is 24.4. The summed E-state index contributed by atoms with van der Waals surface area (Å²) in [5.41, 5.74) is 1.39. The standard InChI is InChI=1S/C21H23ClN2O6/c22-17-9-5-4-8-15(17)10-18(20(27)28)24-19(26)11-16(25)12-23-21(29)30-13-14-6-2-1-3-7-14/h1-9,16,18,25H,10-13H2,(H,23,29)(H,24,26)(H,27,28)/t16-,18+/m0/s1. The van der Waals surface area contributed by atoms with Gasteiger partial charge in [0.15, 0.2) is 0 Å². The molecule has 2 atom stereocenters. The van der Waals surface area contributed by atoms with Crippen molar-refractivity contribution >= 4 is 29.6 Å². The Kier molecular flexibility index (Phi) is 9.11. The molecule has 4 N–H and O–H groups in total. The molecule has 0 heterocycles. The Labute approximate surface area is 178 Å². The van der Waals surface area contributed by atoms with E-state index in [2.05, 4.69) is 10.6 Å². The van der Waals surface area contributed by atoms with E-state index in [1.807, 2.05) is 18.2 Å². The van der Waals surface area contributed by atoms with Gasteiger partial charge in [-0.25, -0.2) is 9.59 Å². The minimum absolute atomic E-state index is 0.000897. The van der Waals surface area contributed by atoms with Crippen molar-refractivity contribution < 1.29 is 29.3 Å². The number of benzene rings is 2. The molecule has 2 aromatic carbocycles. The first-order valence-corrected chi connectivity index (χ1v) is 9.61. The third-order valence-corrected chi connectivity index (χ3v) is 4.50. The van der Waals surface area contributed by atoms with Crippen LogP contribution in [0, 0.1) is 0 Å². The molecule has 2 aromatic rings. The fourth-order valence-electron chi connectivity index (χ4n) is 2.60. The number of halogens is 1. The van der Waals surface area contributed by atoms with E-state index in [1.165, 1.54) is 0 Å². The zero-order valence-electron chi connectivity index (χ0n) is 16.1. The number of carboxylic acids is 1. The van der Waals surface area contributed by atoms with Gasteiger partial charge in [0, 0.05) is 18.0 Å². The molecular formula is C21H23ClN2O6. The van der Waals surface area contributed by atoms with Gasteiger partial charge in [0.2, 0.25) is 5.91 Å². The van der Waals surface area contributed by atoms with Crippen molar-refractivity contribution in [1.29, 1.82) is 0 Å². The zero-order chi connectivity index (χ0) is 21.9. The largest absolute Gasteiger partial charge is 0.480 e. The summed E-state index contributed by atoms with van der Waals surface area (Å²) in [6.07, 6.45) is -2.32. The Hall–Kier alpha value is -3.10. The molecule has 0 saturated heterocycles. The Morgan fingerprint density at radius 1 is 1.03 bits per heavy atom. The van der Waals surface area contributed by atoms with Crippen molar-refractivity contribution in [3.8, 4) is 0 Å². The fourth-order valence-corrected chi connectivity index (χ4v) is 2.81.